The molecule has 1 aromatic carbocycles. The van der Waals surface area contributed by atoms with Gasteiger partial charge in [-0.3, -0.25) is 10.2 Å². The molecule has 3 N–H and O–H groups in total. The number of anilines is 1. The number of nitrogens with zero attached hydrogens (tertiary/aromatic N) is 2. The Hall–Kier alpha value is -2.06. The van der Waals surface area contributed by atoms with E-state index in [0.717, 1.165) is 0 Å². The van der Waals surface area contributed by atoms with Gasteiger partial charge in [-0.15, -0.1) is 0 Å². The van der Waals surface area contributed by atoms with Gasteiger partial charge in [-0.25, -0.2) is 0 Å². The van der Waals surface area contributed by atoms with Crippen molar-refractivity contribution in [2.24, 2.45) is 10.8 Å². The van der Waals surface area contributed by atoms with Crippen molar-refractivity contribution in [3.63, 3.8) is 0 Å². The van der Waals surface area contributed by atoms with Crippen LogP contribution in [0.3, 0.4) is 0 Å². The maximum absolute atomic E-state index is 10.6. The molecule has 0 saturated carbocycles. The maximum atomic E-state index is 10.6. The first-order valence-corrected chi connectivity index (χ1v) is 4.31. The number of rotatable bonds is 3. The van der Waals surface area contributed by atoms with Crippen LogP contribution in [0.25, 0.3) is 0 Å². The van der Waals surface area contributed by atoms with Gasteiger partial charge >= 0.3 is 0 Å². The fourth-order valence-corrected chi connectivity index (χ4v) is 0.981. The number of benzene rings is 1. The molecular weight excluding hydrogens is 216 g/mol. The van der Waals surface area contributed by atoms with E-state index in [1.54, 1.807) is 30.3 Å². The normalized spacial score (nSPS) is 10.5. The number of halogens is 1. The zero-order chi connectivity index (χ0) is 11.3. The molecule has 0 aliphatic heterocycles. The van der Waals surface area contributed by atoms with Gasteiger partial charge in [0, 0.05) is 0 Å². The van der Waals surface area contributed by atoms with Crippen LogP contribution >= 0.6 is 11.6 Å². The number of hydrazone groups is 1. The summed E-state index contributed by atoms with van der Waals surface area (Å²) < 4.78 is 0. The second kappa shape index (κ2) is 4.98. The number of nitrogens with two attached hydrogens (primary N) is 1. The first-order chi connectivity index (χ1) is 7.15. The third kappa shape index (κ3) is 2.97. The molecule has 0 atom stereocenters. The number of hydrogen-bond acceptors (Lipinski definition) is 4. The van der Waals surface area contributed by atoms with Crippen LogP contribution in [0.1, 0.15) is 0 Å². The van der Waals surface area contributed by atoms with Crippen LogP contribution in [0.4, 0.5) is 5.69 Å². The highest BCUT2D eigenvalue weighted by molar-refractivity contribution is 6.44. The largest absolute Gasteiger partial charge is 0.364 e. The van der Waals surface area contributed by atoms with Crippen molar-refractivity contribution in [3.8, 4) is 6.07 Å². The van der Waals surface area contributed by atoms with Crippen LogP contribution in [0, 0.1) is 11.3 Å². The van der Waals surface area contributed by atoms with Crippen LogP contribution in [0.15, 0.2) is 29.4 Å². The summed E-state index contributed by atoms with van der Waals surface area (Å²) in [5.74, 6) is -0.892. The van der Waals surface area contributed by atoms with Crippen molar-refractivity contribution < 1.29 is 4.79 Å². The van der Waals surface area contributed by atoms with E-state index in [1.807, 2.05) is 0 Å². The quantitative estimate of drug-likeness (QED) is 0.593. The summed E-state index contributed by atoms with van der Waals surface area (Å²) >= 11 is 5.80. The molecule has 0 radical (unpaired) electrons. The lowest BCUT2D eigenvalue weighted by Gasteiger charge is -2.01. The van der Waals surface area contributed by atoms with Crippen LogP contribution in [0.2, 0.25) is 5.02 Å². The van der Waals surface area contributed by atoms with Gasteiger partial charge in [0.15, 0.2) is 0 Å². The summed E-state index contributed by atoms with van der Waals surface area (Å²) in [6, 6.07) is 8.35. The molecule has 0 spiro atoms. The predicted molar refractivity (Wildman–Crippen MR) is 57.3 cm³/mol. The minimum atomic E-state index is -0.892. The van der Waals surface area contributed by atoms with E-state index in [-0.39, 0.29) is 0 Å². The van der Waals surface area contributed by atoms with Crippen molar-refractivity contribution in [1.82, 2.24) is 0 Å². The van der Waals surface area contributed by atoms with Gasteiger partial charge in [0.05, 0.1) is 10.7 Å². The molecule has 6 heteroatoms. The SMILES string of the molecule is N#C/C(=N\Nc1ccccc1Cl)C(N)=O. The molecule has 0 bridgehead atoms. The summed E-state index contributed by atoms with van der Waals surface area (Å²) in [4.78, 5) is 10.6. The Morgan fingerprint density at radius 3 is 2.73 bits per heavy atom. The Morgan fingerprint density at radius 2 is 2.20 bits per heavy atom. The molecule has 1 amide bonds. The summed E-state index contributed by atoms with van der Waals surface area (Å²) in [6.45, 7) is 0. The lowest BCUT2D eigenvalue weighted by molar-refractivity contribution is -0.111. The van der Waals surface area contributed by atoms with Gasteiger partial charge in [-0.1, -0.05) is 23.7 Å². The Kier molecular flexibility index (Phi) is 3.66. The monoisotopic (exact) mass is 222 g/mol. The summed E-state index contributed by atoms with van der Waals surface area (Å²) in [7, 11) is 0. The second-order valence-electron chi connectivity index (χ2n) is 2.53. The highest BCUT2D eigenvalue weighted by Crippen LogP contribution is 2.20. The van der Waals surface area contributed by atoms with Crippen LogP contribution in [0.5, 0.6) is 0 Å². The van der Waals surface area contributed by atoms with E-state index in [1.165, 1.54) is 0 Å². The summed E-state index contributed by atoms with van der Waals surface area (Å²) in [5.41, 5.74) is 7.45. The van der Waals surface area contributed by atoms with Gasteiger partial charge in [0.25, 0.3) is 5.91 Å². The zero-order valence-electron chi connectivity index (χ0n) is 7.57. The first kappa shape index (κ1) is 11.0. The topological polar surface area (TPSA) is 91.3 Å². The Bertz CT molecular complexity index is 450. The van der Waals surface area contributed by atoms with E-state index in [9.17, 15) is 4.79 Å². The highest BCUT2D eigenvalue weighted by atomic mass is 35.5. The van der Waals surface area contributed by atoms with Crippen LogP contribution in [-0.2, 0) is 4.79 Å². The standard InChI is InChI=1S/C9H7ClN4O/c10-6-3-1-2-4-7(6)13-14-8(5-11)9(12)15/h1-4,13H,(H2,12,15)/b14-8+. The number of para-hydroxylation sites is 1. The number of nitrogens with one attached hydrogen (secondary N) is 1. The summed E-state index contributed by atoms with van der Waals surface area (Å²) in [5, 5.41) is 12.4. The van der Waals surface area contributed by atoms with E-state index >= 15 is 0 Å². The molecule has 0 unspecified atom stereocenters. The maximum Gasteiger partial charge on any atom is 0.280 e. The van der Waals surface area contributed by atoms with Gasteiger partial charge in [-0.2, -0.15) is 10.4 Å². The van der Waals surface area contributed by atoms with Crippen molar-refractivity contribution in [2.45, 2.75) is 0 Å². The fourth-order valence-electron chi connectivity index (χ4n) is 0.803. The van der Waals surface area contributed by atoms with Crippen LogP contribution < -0.4 is 11.2 Å². The van der Waals surface area contributed by atoms with E-state index in [0.29, 0.717) is 10.7 Å². The van der Waals surface area contributed by atoms with Gasteiger partial charge in [-0.05, 0) is 12.1 Å². The fraction of sp³-hybridized carbons (Fsp3) is 0. The van der Waals surface area contributed by atoms with Gasteiger partial charge in [0.2, 0.25) is 5.71 Å². The summed E-state index contributed by atoms with van der Waals surface area (Å²) in [6.07, 6.45) is 0. The van der Waals surface area contributed by atoms with E-state index < -0.39 is 11.6 Å². The molecule has 15 heavy (non-hydrogen) atoms. The first-order valence-electron chi connectivity index (χ1n) is 3.93. The Morgan fingerprint density at radius 1 is 1.53 bits per heavy atom. The molecule has 0 aliphatic rings. The number of nitriles is 1. The van der Waals surface area contributed by atoms with Crippen molar-refractivity contribution in [3.05, 3.63) is 29.3 Å². The van der Waals surface area contributed by atoms with Gasteiger partial charge < -0.3 is 5.73 Å². The Labute approximate surface area is 91.1 Å². The Balaban J connectivity index is 2.85. The molecule has 0 saturated heterocycles. The van der Waals surface area contributed by atoms with Crippen molar-refractivity contribution in [2.75, 3.05) is 5.43 Å². The molecule has 1 aromatic rings. The van der Waals surface area contributed by atoms with E-state index in [2.05, 4.69) is 10.5 Å². The lowest BCUT2D eigenvalue weighted by Crippen LogP contribution is -2.22. The van der Waals surface area contributed by atoms with Crippen molar-refractivity contribution in [1.29, 1.82) is 5.26 Å². The predicted octanol–water partition coefficient (Wildman–Crippen LogP) is 1.12. The molecule has 0 aromatic heterocycles. The average Bonchev–Trinajstić information content (AvgIpc) is 2.21. The molecule has 0 fully saturated rings. The van der Waals surface area contributed by atoms with Crippen molar-refractivity contribution >= 4 is 28.9 Å². The number of carbonyl (C=O) groups is 1. The minimum Gasteiger partial charge on any atom is -0.364 e. The number of hydrogen-bond donors (Lipinski definition) is 2. The smallest absolute Gasteiger partial charge is 0.280 e. The van der Waals surface area contributed by atoms with Gasteiger partial charge in [0.1, 0.15) is 6.07 Å². The third-order valence-electron chi connectivity index (χ3n) is 1.50. The molecule has 0 aliphatic carbocycles. The minimum absolute atomic E-state index is 0.407. The second-order valence-corrected chi connectivity index (χ2v) is 2.94. The van der Waals surface area contributed by atoms with Crippen LogP contribution in [-0.4, -0.2) is 11.6 Å². The molecule has 5 nitrogen and oxygen atoms in total. The number of amides is 1. The van der Waals surface area contributed by atoms with E-state index in [4.69, 9.17) is 22.6 Å². The molecule has 1 rings (SSSR count). The third-order valence-corrected chi connectivity index (χ3v) is 1.83. The molecular formula is C9H7ClN4O. The number of primary amides is 1. The zero-order valence-corrected chi connectivity index (χ0v) is 8.32. The highest BCUT2D eigenvalue weighted by Gasteiger charge is 2.05. The average molecular weight is 223 g/mol. The molecule has 76 valence electrons. The lowest BCUT2D eigenvalue weighted by atomic mass is 10.3. The molecule has 0 heterocycles. The number of carbonyl (C=O) groups excluding carboxylic acids is 1.